The van der Waals surface area contributed by atoms with Crippen LogP contribution in [0.4, 0.5) is 5.95 Å². The molecule has 0 fully saturated rings. The van der Waals surface area contributed by atoms with Crippen LogP contribution in [0.1, 0.15) is 32.5 Å². The quantitative estimate of drug-likeness (QED) is 0.471. The van der Waals surface area contributed by atoms with E-state index in [1.807, 2.05) is 44.4 Å². The van der Waals surface area contributed by atoms with Crippen molar-refractivity contribution in [1.82, 2.24) is 15.0 Å². The molecular weight excluding hydrogens is 413 g/mol. The minimum atomic E-state index is -1.75. The Bertz CT molecular complexity index is 730. The molecule has 1 heterocycles. The lowest BCUT2D eigenvalue weighted by Crippen LogP contribution is -2.45. The Morgan fingerprint density at radius 2 is 1.65 bits per heavy atom. The Balaban J connectivity index is 2.38. The Morgan fingerprint density at radius 3 is 2.15 bits per heavy atom. The number of anilines is 1. The second kappa shape index (κ2) is 8.93. The fraction of sp³-hybridized carbons (Fsp3) is 0.471. The SMILES string of the molecule is CCC(N)(CC)CNc1nc(-c2ccc(SC)cc2)nc(C(Cl)(Cl)Cl)n1. The maximum atomic E-state index is 6.34. The van der Waals surface area contributed by atoms with Crippen LogP contribution in [0.25, 0.3) is 11.4 Å². The zero-order chi connectivity index (χ0) is 19.4. The summed E-state index contributed by atoms with van der Waals surface area (Å²) in [5.41, 5.74) is 6.79. The minimum absolute atomic E-state index is 0.0690. The Labute approximate surface area is 173 Å². The molecule has 3 N–H and O–H groups in total. The smallest absolute Gasteiger partial charge is 0.250 e. The molecule has 0 saturated heterocycles. The summed E-state index contributed by atoms with van der Waals surface area (Å²) in [6, 6.07) is 7.84. The van der Waals surface area contributed by atoms with Gasteiger partial charge in [0.25, 0.3) is 0 Å². The first-order chi connectivity index (χ1) is 12.2. The first kappa shape index (κ1) is 21.5. The van der Waals surface area contributed by atoms with Gasteiger partial charge in [0, 0.05) is 22.5 Å². The highest BCUT2D eigenvalue weighted by Gasteiger charge is 2.29. The molecule has 0 spiro atoms. The van der Waals surface area contributed by atoms with E-state index in [4.69, 9.17) is 40.5 Å². The highest BCUT2D eigenvalue weighted by Crippen LogP contribution is 2.37. The van der Waals surface area contributed by atoms with Crippen LogP contribution in [0.5, 0.6) is 0 Å². The van der Waals surface area contributed by atoms with Crippen molar-refractivity contribution < 1.29 is 0 Å². The molecule has 2 rings (SSSR count). The third-order valence-corrected chi connectivity index (χ3v) is 5.49. The fourth-order valence-corrected chi connectivity index (χ4v) is 2.87. The molecule has 0 saturated carbocycles. The van der Waals surface area contributed by atoms with E-state index in [2.05, 4.69) is 20.3 Å². The van der Waals surface area contributed by atoms with E-state index in [-0.39, 0.29) is 11.4 Å². The van der Waals surface area contributed by atoms with Gasteiger partial charge in [-0.25, -0.2) is 4.98 Å². The predicted molar refractivity (Wildman–Crippen MR) is 112 cm³/mol. The van der Waals surface area contributed by atoms with Crippen LogP contribution >= 0.6 is 46.6 Å². The van der Waals surface area contributed by atoms with E-state index in [0.717, 1.165) is 23.3 Å². The van der Waals surface area contributed by atoms with Crippen molar-refractivity contribution in [2.45, 2.75) is 40.9 Å². The number of nitrogens with one attached hydrogen (secondary N) is 1. The monoisotopic (exact) mass is 433 g/mol. The third kappa shape index (κ3) is 5.60. The van der Waals surface area contributed by atoms with E-state index >= 15 is 0 Å². The molecule has 0 aliphatic rings. The zero-order valence-corrected chi connectivity index (χ0v) is 18.0. The van der Waals surface area contributed by atoms with Gasteiger partial charge in [-0.3, -0.25) is 0 Å². The number of aromatic nitrogens is 3. The number of nitrogens with two attached hydrogens (primary N) is 1. The number of halogens is 3. The number of hydrogen-bond donors (Lipinski definition) is 2. The van der Waals surface area contributed by atoms with Crippen molar-refractivity contribution in [3.8, 4) is 11.4 Å². The lowest BCUT2D eigenvalue weighted by atomic mass is 9.94. The molecule has 0 aliphatic carbocycles. The molecule has 0 aliphatic heterocycles. The summed E-state index contributed by atoms with van der Waals surface area (Å²) in [4.78, 5) is 14.2. The molecule has 0 atom stereocenters. The van der Waals surface area contributed by atoms with Gasteiger partial charge in [0.2, 0.25) is 9.74 Å². The number of alkyl halides is 3. The van der Waals surface area contributed by atoms with Crippen LogP contribution in [-0.4, -0.2) is 33.3 Å². The summed E-state index contributed by atoms with van der Waals surface area (Å²) in [6.45, 7) is 4.60. The molecule has 1 aromatic carbocycles. The van der Waals surface area contributed by atoms with Gasteiger partial charge < -0.3 is 11.1 Å². The van der Waals surface area contributed by atoms with Crippen LogP contribution in [0.3, 0.4) is 0 Å². The Hall–Kier alpha value is -0.790. The number of rotatable bonds is 7. The molecule has 26 heavy (non-hydrogen) atoms. The normalized spacial score (nSPS) is 12.3. The molecule has 0 unspecified atom stereocenters. The fourth-order valence-electron chi connectivity index (χ4n) is 2.21. The second-order valence-electron chi connectivity index (χ2n) is 5.96. The van der Waals surface area contributed by atoms with Crippen molar-refractivity contribution >= 4 is 52.5 Å². The van der Waals surface area contributed by atoms with E-state index < -0.39 is 3.79 Å². The lowest BCUT2D eigenvalue weighted by Gasteiger charge is -2.27. The molecule has 9 heteroatoms. The molecular formula is C17H22Cl3N5S. The second-order valence-corrected chi connectivity index (χ2v) is 9.12. The van der Waals surface area contributed by atoms with Gasteiger partial charge in [-0.05, 0) is 31.2 Å². The summed E-state index contributed by atoms with van der Waals surface area (Å²) in [7, 11) is 0. The molecule has 1 aromatic heterocycles. The Morgan fingerprint density at radius 1 is 1.04 bits per heavy atom. The van der Waals surface area contributed by atoms with Gasteiger partial charge in [-0.2, -0.15) is 9.97 Å². The maximum Gasteiger partial charge on any atom is 0.250 e. The topological polar surface area (TPSA) is 76.7 Å². The van der Waals surface area contributed by atoms with Gasteiger partial charge in [-0.1, -0.05) is 60.8 Å². The van der Waals surface area contributed by atoms with Crippen molar-refractivity contribution in [2.24, 2.45) is 5.73 Å². The van der Waals surface area contributed by atoms with E-state index in [1.165, 1.54) is 0 Å². The van der Waals surface area contributed by atoms with Crippen LogP contribution in [0.2, 0.25) is 0 Å². The molecule has 142 valence electrons. The van der Waals surface area contributed by atoms with E-state index in [1.54, 1.807) is 11.8 Å². The molecule has 0 radical (unpaired) electrons. The van der Waals surface area contributed by atoms with Crippen molar-refractivity contribution in [3.05, 3.63) is 30.1 Å². The van der Waals surface area contributed by atoms with Crippen LogP contribution in [0.15, 0.2) is 29.2 Å². The average Bonchev–Trinajstić information content (AvgIpc) is 2.65. The van der Waals surface area contributed by atoms with E-state index in [0.29, 0.717) is 18.3 Å². The van der Waals surface area contributed by atoms with E-state index in [9.17, 15) is 0 Å². The molecule has 5 nitrogen and oxygen atoms in total. The van der Waals surface area contributed by atoms with Crippen LogP contribution in [0, 0.1) is 0 Å². The van der Waals surface area contributed by atoms with Gasteiger partial charge in [0.05, 0.1) is 0 Å². The summed E-state index contributed by atoms with van der Waals surface area (Å²) in [5, 5.41) is 3.17. The molecule has 0 amide bonds. The molecule has 2 aromatic rings. The summed E-state index contributed by atoms with van der Waals surface area (Å²) in [5.74, 6) is 0.841. The average molecular weight is 435 g/mol. The number of nitrogens with zero attached hydrogens (tertiary/aromatic N) is 3. The van der Waals surface area contributed by atoms with Gasteiger partial charge in [0.15, 0.2) is 11.6 Å². The minimum Gasteiger partial charge on any atom is -0.352 e. The molecule has 0 bridgehead atoms. The van der Waals surface area contributed by atoms with Crippen LogP contribution in [-0.2, 0) is 3.79 Å². The first-order valence-corrected chi connectivity index (χ1v) is 10.6. The largest absolute Gasteiger partial charge is 0.352 e. The number of hydrogen-bond acceptors (Lipinski definition) is 6. The van der Waals surface area contributed by atoms with Crippen LogP contribution < -0.4 is 11.1 Å². The summed E-state index contributed by atoms with van der Waals surface area (Å²) in [6.07, 6.45) is 3.66. The number of benzene rings is 1. The first-order valence-electron chi connectivity index (χ1n) is 8.21. The highest BCUT2D eigenvalue weighted by molar-refractivity contribution is 7.98. The van der Waals surface area contributed by atoms with Crippen molar-refractivity contribution in [3.63, 3.8) is 0 Å². The maximum absolute atomic E-state index is 6.34. The summed E-state index contributed by atoms with van der Waals surface area (Å²) < 4.78 is -1.75. The standard InChI is InChI=1S/C17H22Cl3N5S/c1-4-16(21,5-2)10-22-15-24-13(23-14(25-15)17(18,19)20)11-6-8-12(26-3)9-7-11/h6-9H,4-5,10,21H2,1-3H3,(H,22,23,24,25). The van der Waals surface area contributed by atoms with Gasteiger partial charge >= 0.3 is 0 Å². The Kier molecular flexibility index (Phi) is 7.39. The summed E-state index contributed by atoms with van der Waals surface area (Å²) >= 11 is 19.7. The van der Waals surface area contributed by atoms with Crippen molar-refractivity contribution in [2.75, 3.05) is 18.1 Å². The third-order valence-electron chi connectivity index (χ3n) is 4.24. The van der Waals surface area contributed by atoms with Gasteiger partial charge in [-0.15, -0.1) is 11.8 Å². The van der Waals surface area contributed by atoms with Crippen molar-refractivity contribution in [1.29, 1.82) is 0 Å². The number of thioether (sulfide) groups is 1. The highest BCUT2D eigenvalue weighted by atomic mass is 35.6. The predicted octanol–water partition coefficient (Wildman–Crippen LogP) is 5.02. The zero-order valence-electron chi connectivity index (χ0n) is 14.9. The van der Waals surface area contributed by atoms with Gasteiger partial charge in [0.1, 0.15) is 0 Å². The lowest BCUT2D eigenvalue weighted by molar-refractivity contribution is 0.417.